The Balaban J connectivity index is 3.12. The summed E-state index contributed by atoms with van der Waals surface area (Å²) in [7, 11) is 0. The normalized spacial score (nSPS) is 11.5. The van der Waals surface area contributed by atoms with Crippen LogP contribution < -0.4 is 0 Å². The van der Waals surface area contributed by atoms with Gasteiger partial charge < -0.3 is 0 Å². The third-order valence-corrected chi connectivity index (χ3v) is 2.24. The van der Waals surface area contributed by atoms with E-state index >= 15 is 0 Å². The van der Waals surface area contributed by atoms with Gasteiger partial charge in [-0.05, 0) is 28.6 Å². The molecule has 0 aromatic carbocycles. The first-order valence-corrected chi connectivity index (χ1v) is 4.46. The van der Waals surface area contributed by atoms with Crippen molar-refractivity contribution in [3.8, 4) is 0 Å². The second-order valence-electron chi connectivity index (χ2n) is 3.57. The lowest BCUT2D eigenvalue weighted by atomic mass is 9.88. The molecule has 0 saturated carbocycles. The zero-order valence-corrected chi connectivity index (χ0v) is 8.03. The van der Waals surface area contributed by atoms with Gasteiger partial charge in [0.15, 0.2) is 0 Å². The van der Waals surface area contributed by atoms with Gasteiger partial charge >= 0.3 is 0 Å². The van der Waals surface area contributed by atoms with Gasteiger partial charge in [-0.3, -0.25) is 0 Å². The maximum Gasteiger partial charge on any atom is 0.0799 e. The quantitative estimate of drug-likeness (QED) is 0.626. The highest BCUT2D eigenvalue weighted by atomic mass is 32.1. The summed E-state index contributed by atoms with van der Waals surface area (Å²) in [6.07, 6.45) is 1.82. The van der Waals surface area contributed by atoms with Gasteiger partial charge in [-0.25, -0.2) is 0 Å². The summed E-state index contributed by atoms with van der Waals surface area (Å²) in [4.78, 5) is 0. The van der Waals surface area contributed by atoms with Gasteiger partial charge in [-0.2, -0.15) is 4.37 Å². The highest BCUT2D eigenvalue weighted by molar-refractivity contribution is 7.03. The molecule has 1 aromatic rings. The fourth-order valence-corrected chi connectivity index (χ4v) is 1.87. The molecule has 0 N–H and O–H groups in total. The van der Waals surface area contributed by atoms with Crippen LogP contribution in [0.1, 0.15) is 32.0 Å². The molecular weight excluding hydrogens is 154 g/mol. The Labute approximate surface area is 71.9 Å². The van der Waals surface area contributed by atoms with E-state index in [9.17, 15) is 0 Å². The van der Waals surface area contributed by atoms with Gasteiger partial charge in [0.05, 0.1) is 5.69 Å². The van der Waals surface area contributed by atoms with Gasteiger partial charge in [0.2, 0.25) is 0 Å². The van der Waals surface area contributed by atoms with Gasteiger partial charge in [0, 0.05) is 5.38 Å². The summed E-state index contributed by atoms with van der Waals surface area (Å²) < 4.78 is 4.22. The van der Waals surface area contributed by atoms with E-state index in [-0.39, 0.29) is 5.41 Å². The van der Waals surface area contributed by atoms with Crippen LogP contribution in [0.2, 0.25) is 0 Å². The molecule has 1 aromatic heterocycles. The molecule has 0 unspecified atom stereocenters. The van der Waals surface area contributed by atoms with Crippen LogP contribution in [0, 0.1) is 0 Å². The second-order valence-corrected chi connectivity index (χ2v) is 4.20. The van der Waals surface area contributed by atoms with Crippen molar-refractivity contribution in [2.75, 3.05) is 0 Å². The maximum atomic E-state index is 4.22. The zero-order valence-electron chi connectivity index (χ0n) is 7.22. The van der Waals surface area contributed by atoms with Crippen molar-refractivity contribution in [3.63, 3.8) is 0 Å². The van der Waals surface area contributed by atoms with E-state index < -0.39 is 0 Å². The molecule has 0 atom stereocenters. The van der Waals surface area contributed by atoms with Gasteiger partial charge in [0.25, 0.3) is 0 Å². The lowest BCUT2D eigenvalue weighted by Crippen LogP contribution is -2.11. The fraction of sp³-hybridized carbons (Fsp3) is 0.444. The first-order valence-electron chi connectivity index (χ1n) is 3.63. The summed E-state index contributed by atoms with van der Waals surface area (Å²) in [5.41, 5.74) is 2.51. The van der Waals surface area contributed by atoms with E-state index in [0.29, 0.717) is 0 Å². The van der Waals surface area contributed by atoms with E-state index in [4.69, 9.17) is 0 Å². The third kappa shape index (κ3) is 1.69. The minimum Gasteiger partial charge on any atom is -0.193 e. The molecule has 1 nitrogen and oxygen atoms in total. The lowest BCUT2D eigenvalue weighted by molar-refractivity contribution is 0.590. The molecule has 0 bridgehead atoms. The number of hydrogen-bond acceptors (Lipinski definition) is 2. The van der Waals surface area contributed by atoms with Crippen LogP contribution in [-0.4, -0.2) is 4.37 Å². The second kappa shape index (κ2) is 2.78. The standard InChI is InChI=1S/C9H13NS/c1-5-8-7(6-11-10-8)9(2,3)4/h5-6H,1H2,2-4H3. The summed E-state index contributed by atoms with van der Waals surface area (Å²) in [6, 6.07) is 0. The third-order valence-electron chi connectivity index (χ3n) is 1.60. The first-order chi connectivity index (χ1) is 5.05. The van der Waals surface area contributed by atoms with Crippen molar-refractivity contribution in [2.24, 2.45) is 0 Å². The molecule has 0 aliphatic carbocycles. The van der Waals surface area contributed by atoms with Crippen molar-refractivity contribution in [1.82, 2.24) is 4.37 Å². The van der Waals surface area contributed by atoms with Crippen molar-refractivity contribution in [2.45, 2.75) is 26.2 Å². The topological polar surface area (TPSA) is 12.9 Å². The smallest absolute Gasteiger partial charge is 0.0799 e. The fourth-order valence-electron chi connectivity index (χ4n) is 0.954. The van der Waals surface area contributed by atoms with Crippen LogP contribution >= 0.6 is 11.5 Å². The average Bonchev–Trinajstić information content (AvgIpc) is 2.31. The minimum absolute atomic E-state index is 0.191. The summed E-state index contributed by atoms with van der Waals surface area (Å²) in [5.74, 6) is 0. The van der Waals surface area contributed by atoms with E-state index in [2.05, 4.69) is 37.1 Å². The zero-order chi connectivity index (χ0) is 8.48. The number of aromatic nitrogens is 1. The van der Waals surface area contributed by atoms with E-state index in [1.165, 1.54) is 17.1 Å². The molecule has 60 valence electrons. The molecule has 0 saturated heterocycles. The van der Waals surface area contributed by atoms with Gasteiger partial charge in [-0.15, -0.1) is 0 Å². The predicted molar refractivity (Wildman–Crippen MR) is 50.9 cm³/mol. The average molecular weight is 167 g/mol. The first kappa shape index (κ1) is 8.47. The van der Waals surface area contributed by atoms with E-state index in [1.807, 2.05) is 6.08 Å². The molecule has 11 heavy (non-hydrogen) atoms. The molecule has 0 spiro atoms. The number of hydrogen-bond donors (Lipinski definition) is 0. The van der Waals surface area contributed by atoms with Crippen molar-refractivity contribution >= 4 is 17.6 Å². The molecule has 0 radical (unpaired) electrons. The van der Waals surface area contributed by atoms with Crippen LogP contribution in [0.5, 0.6) is 0 Å². The highest BCUT2D eigenvalue weighted by Gasteiger charge is 2.17. The Kier molecular flexibility index (Phi) is 2.14. The van der Waals surface area contributed by atoms with Gasteiger partial charge in [0.1, 0.15) is 0 Å². The Bertz CT molecular complexity index is 255. The maximum absolute atomic E-state index is 4.22. The van der Waals surface area contributed by atoms with E-state index in [1.54, 1.807) is 0 Å². The van der Waals surface area contributed by atoms with Gasteiger partial charge in [-0.1, -0.05) is 27.4 Å². The largest absolute Gasteiger partial charge is 0.193 e. The summed E-state index contributed by atoms with van der Waals surface area (Å²) >= 11 is 1.50. The van der Waals surface area contributed by atoms with Crippen LogP contribution in [0.15, 0.2) is 12.0 Å². The van der Waals surface area contributed by atoms with Crippen LogP contribution in [0.4, 0.5) is 0 Å². The number of rotatable bonds is 1. The van der Waals surface area contributed by atoms with Crippen LogP contribution in [0.3, 0.4) is 0 Å². The molecule has 0 aliphatic heterocycles. The van der Waals surface area contributed by atoms with E-state index in [0.717, 1.165) is 5.69 Å². The molecule has 0 amide bonds. The molecular formula is C9H13NS. The Morgan fingerprint density at radius 1 is 1.55 bits per heavy atom. The molecule has 1 rings (SSSR count). The monoisotopic (exact) mass is 167 g/mol. The Morgan fingerprint density at radius 3 is 2.55 bits per heavy atom. The molecule has 1 heterocycles. The van der Waals surface area contributed by atoms with Crippen LogP contribution in [0.25, 0.3) is 6.08 Å². The van der Waals surface area contributed by atoms with Crippen LogP contribution in [-0.2, 0) is 5.41 Å². The van der Waals surface area contributed by atoms with Crippen molar-refractivity contribution < 1.29 is 0 Å². The Hall–Kier alpha value is -0.630. The molecule has 0 fully saturated rings. The van der Waals surface area contributed by atoms with Crippen molar-refractivity contribution in [1.29, 1.82) is 0 Å². The predicted octanol–water partition coefficient (Wildman–Crippen LogP) is 3.08. The Morgan fingerprint density at radius 2 is 2.18 bits per heavy atom. The summed E-state index contributed by atoms with van der Waals surface area (Å²) in [5, 5.41) is 2.09. The minimum atomic E-state index is 0.191. The highest BCUT2D eigenvalue weighted by Crippen LogP contribution is 2.27. The molecule has 2 heteroatoms. The molecule has 0 aliphatic rings. The van der Waals surface area contributed by atoms with Crippen molar-refractivity contribution in [3.05, 3.63) is 23.2 Å². The SMILES string of the molecule is C=Cc1nscc1C(C)(C)C. The summed E-state index contributed by atoms with van der Waals surface area (Å²) in [6.45, 7) is 10.3. The number of nitrogens with zero attached hydrogens (tertiary/aromatic N) is 1. The lowest BCUT2D eigenvalue weighted by Gasteiger charge is -2.16.